The maximum absolute atomic E-state index is 13.1. The standard InChI is InChI=1S/C25H38N2O7S/c1-8-34-22(30)18(15-33-14-17-12-10-9-11-13-17)26-23(31)25(5,6)27-21(29)20(24(2,3)4)35-19(28)16-32-7/h9-13,18,20H,8,14-16H2,1-7H3,(H,26,31)(H,27,29)/t18-,20+/m0/s1. The van der Waals surface area contributed by atoms with Gasteiger partial charge in [0.25, 0.3) is 0 Å². The molecule has 0 bridgehead atoms. The first-order chi connectivity index (χ1) is 16.3. The van der Waals surface area contributed by atoms with Crippen molar-refractivity contribution in [3.05, 3.63) is 35.9 Å². The van der Waals surface area contributed by atoms with Crippen LogP contribution >= 0.6 is 11.8 Å². The molecule has 0 spiro atoms. The van der Waals surface area contributed by atoms with E-state index in [2.05, 4.69) is 10.6 Å². The molecule has 0 aromatic heterocycles. The molecule has 0 unspecified atom stereocenters. The number of methoxy groups -OCH3 is 1. The van der Waals surface area contributed by atoms with Gasteiger partial charge in [-0.2, -0.15) is 0 Å². The van der Waals surface area contributed by atoms with Crippen molar-refractivity contribution in [3.8, 4) is 0 Å². The van der Waals surface area contributed by atoms with Crippen LogP contribution in [0.1, 0.15) is 47.1 Å². The van der Waals surface area contributed by atoms with Crippen molar-refractivity contribution in [1.82, 2.24) is 10.6 Å². The summed E-state index contributed by atoms with van der Waals surface area (Å²) >= 11 is 0.869. The number of ether oxygens (including phenoxy) is 3. The molecule has 35 heavy (non-hydrogen) atoms. The topological polar surface area (TPSA) is 120 Å². The molecule has 0 heterocycles. The molecule has 0 aliphatic heterocycles. The smallest absolute Gasteiger partial charge is 0.331 e. The lowest BCUT2D eigenvalue weighted by Gasteiger charge is -2.33. The van der Waals surface area contributed by atoms with Gasteiger partial charge in [-0.15, -0.1) is 0 Å². The molecule has 2 N–H and O–H groups in total. The van der Waals surface area contributed by atoms with E-state index in [0.717, 1.165) is 17.3 Å². The zero-order valence-electron chi connectivity index (χ0n) is 21.6. The molecule has 10 heteroatoms. The van der Waals surface area contributed by atoms with Gasteiger partial charge in [0.2, 0.25) is 16.9 Å². The van der Waals surface area contributed by atoms with E-state index in [0.29, 0.717) is 0 Å². The van der Waals surface area contributed by atoms with Crippen molar-refractivity contribution in [3.63, 3.8) is 0 Å². The Kier molecular flexibility index (Phi) is 12.4. The predicted molar refractivity (Wildman–Crippen MR) is 135 cm³/mol. The third kappa shape index (κ3) is 10.8. The fourth-order valence-corrected chi connectivity index (χ4v) is 3.92. The maximum Gasteiger partial charge on any atom is 0.331 e. The third-order valence-corrected chi connectivity index (χ3v) is 6.35. The van der Waals surface area contributed by atoms with Crippen molar-refractivity contribution in [2.45, 2.75) is 65.0 Å². The maximum atomic E-state index is 13.1. The summed E-state index contributed by atoms with van der Waals surface area (Å²) in [5.41, 5.74) is -1.03. The highest BCUT2D eigenvalue weighted by Gasteiger charge is 2.39. The molecular weight excluding hydrogens is 472 g/mol. The number of esters is 1. The van der Waals surface area contributed by atoms with Gasteiger partial charge < -0.3 is 24.8 Å². The molecule has 0 saturated carbocycles. The first-order valence-corrected chi connectivity index (χ1v) is 12.3. The summed E-state index contributed by atoms with van der Waals surface area (Å²) in [5, 5.41) is 4.29. The normalized spacial score (nSPS) is 13.5. The lowest BCUT2D eigenvalue weighted by atomic mass is 9.90. The number of hydrogen-bond acceptors (Lipinski definition) is 8. The van der Waals surface area contributed by atoms with E-state index < -0.39 is 40.0 Å². The highest BCUT2D eigenvalue weighted by atomic mass is 32.2. The van der Waals surface area contributed by atoms with Crippen LogP contribution in [-0.2, 0) is 40.0 Å². The SMILES string of the molecule is CCOC(=O)[C@H](COCc1ccccc1)NC(=O)C(C)(C)NC(=O)[C@@H](SC(=O)COC)C(C)(C)C. The molecule has 1 aromatic rings. The highest BCUT2D eigenvalue weighted by Crippen LogP contribution is 2.31. The lowest BCUT2D eigenvalue weighted by Crippen LogP contribution is -2.60. The van der Waals surface area contributed by atoms with Gasteiger partial charge in [-0.05, 0) is 31.7 Å². The number of rotatable bonds is 13. The van der Waals surface area contributed by atoms with Gasteiger partial charge >= 0.3 is 5.97 Å². The number of amides is 2. The fourth-order valence-electron chi connectivity index (χ4n) is 2.96. The summed E-state index contributed by atoms with van der Waals surface area (Å²) < 4.78 is 15.6. The van der Waals surface area contributed by atoms with E-state index in [4.69, 9.17) is 14.2 Å². The first kappa shape index (κ1) is 30.6. The van der Waals surface area contributed by atoms with E-state index in [1.807, 2.05) is 51.1 Å². The Morgan fingerprint density at radius 1 is 1.03 bits per heavy atom. The zero-order chi connectivity index (χ0) is 26.6. The largest absolute Gasteiger partial charge is 0.464 e. The fraction of sp³-hybridized carbons (Fsp3) is 0.600. The third-order valence-electron chi connectivity index (χ3n) is 4.81. The van der Waals surface area contributed by atoms with Gasteiger partial charge in [0, 0.05) is 7.11 Å². The highest BCUT2D eigenvalue weighted by molar-refractivity contribution is 8.14. The van der Waals surface area contributed by atoms with E-state index >= 15 is 0 Å². The molecular formula is C25H38N2O7S. The second-order valence-corrected chi connectivity index (χ2v) is 10.7. The molecule has 1 rings (SSSR count). The number of carbonyl (C=O) groups is 4. The van der Waals surface area contributed by atoms with Crippen LogP contribution in [0.4, 0.5) is 0 Å². The molecule has 196 valence electrons. The molecule has 0 radical (unpaired) electrons. The Balaban J connectivity index is 2.88. The lowest BCUT2D eigenvalue weighted by molar-refractivity contribution is -0.150. The van der Waals surface area contributed by atoms with Crippen LogP contribution in [0.3, 0.4) is 0 Å². The van der Waals surface area contributed by atoms with Gasteiger partial charge in [0.1, 0.15) is 12.1 Å². The minimum absolute atomic E-state index is 0.102. The first-order valence-electron chi connectivity index (χ1n) is 11.4. The molecule has 1 aromatic carbocycles. The molecule has 0 aliphatic rings. The zero-order valence-corrected chi connectivity index (χ0v) is 22.5. The van der Waals surface area contributed by atoms with Crippen molar-refractivity contribution in [2.75, 3.05) is 26.9 Å². The molecule has 0 saturated heterocycles. The average Bonchev–Trinajstić information content (AvgIpc) is 2.76. The van der Waals surface area contributed by atoms with E-state index in [1.54, 1.807) is 6.92 Å². The number of hydrogen-bond donors (Lipinski definition) is 2. The van der Waals surface area contributed by atoms with Crippen LogP contribution in [0.25, 0.3) is 0 Å². The van der Waals surface area contributed by atoms with Gasteiger partial charge in [-0.3, -0.25) is 14.4 Å². The number of carbonyl (C=O) groups excluding carboxylic acids is 4. The van der Waals surface area contributed by atoms with Crippen LogP contribution < -0.4 is 10.6 Å². The molecule has 9 nitrogen and oxygen atoms in total. The van der Waals surface area contributed by atoms with Gasteiger partial charge in [-0.1, -0.05) is 62.9 Å². The van der Waals surface area contributed by atoms with Crippen LogP contribution in [0.5, 0.6) is 0 Å². The Hall–Kier alpha value is -2.43. The Labute approximate surface area is 212 Å². The Bertz CT molecular complexity index is 853. The molecule has 2 amide bonds. The second kappa shape index (κ2) is 14.2. The van der Waals surface area contributed by atoms with E-state index in [1.165, 1.54) is 21.0 Å². The Morgan fingerprint density at radius 3 is 2.20 bits per heavy atom. The summed E-state index contributed by atoms with van der Waals surface area (Å²) in [6.07, 6.45) is 0. The summed E-state index contributed by atoms with van der Waals surface area (Å²) in [6.45, 7) is 10.4. The van der Waals surface area contributed by atoms with E-state index in [-0.39, 0.29) is 31.5 Å². The minimum Gasteiger partial charge on any atom is -0.464 e. The quantitative estimate of drug-likeness (QED) is 0.389. The summed E-state index contributed by atoms with van der Waals surface area (Å²) in [6, 6.07) is 8.35. The van der Waals surface area contributed by atoms with Gasteiger partial charge in [0.15, 0.2) is 6.04 Å². The average molecular weight is 511 g/mol. The van der Waals surface area contributed by atoms with Crippen molar-refractivity contribution < 1.29 is 33.4 Å². The molecule has 0 aliphatic carbocycles. The van der Waals surface area contributed by atoms with Crippen LogP contribution in [0.2, 0.25) is 0 Å². The minimum atomic E-state index is -1.38. The van der Waals surface area contributed by atoms with Crippen LogP contribution in [0, 0.1) is 5.41 Å². The van der Waals surface area contributed by atoms with Crippen molar-refractivity contribution >= 4 is 34.7 Å². The summed E-state index contributed by atoms with van der Waals surface area (Å²) in [4.78, 5) is 50.7. The van der Waals surface area contributed by atoms with Gasteiger partial charge in [-0.25, -0.2) is 4.79 Å². The number of thioether (sulfide) groups is 1. The van der Waals surface area contributed by atoms with Gasteiger partial charge in [0.05, 0.1) is 25.1 Å². The van der Waals surface area contributed by atoms with Crippen molar-refractivity contribution in [1.29, 1.82) is 0 Å². The van der Waals surface area contributed by atoms with Crippen LogP contribution in [0.15, 0.2) is 30.3 Å². The number of benzene rings is 1. The monoisotopic (exact) mass is 510 g/mol. The number of nitrogens with one attached hydrogen (secondary N) is 2. The van der Waals surface area contributed by atoms with E-state index in [9.17, 15) is 19.2 Å². The molecule has 2 atom stereocenters. The second-order valence-electron chi connectivity index (χ2n) is 9.56. The summed E-state index contributed by atoms with van der Waals surface area (Å²) in [7, 11) is 1.40. The summed E-state index contributed by atoms with van der Waals surface area (Å²) in [5.74, 6) is -1.70. The van der Waals surface area contributed by atoms with Crippen molar-refractivity contribution in [2.24, 2.45) is 5.41 Å². The predicted octanol–water partition coefficient (Wildman–Crippen LogP) is 2.47. The van der Waals surface area contributed by atoms with Crippen LogP contribution in [-0.4, -0.2) is 66.7 Å². The molecule has 0 fully saturated rings. The Morgan fingerprint density at radius 2 is 1.66 bits per heavy atom.